The Hall–Kier alpha value is -1.12. The number of nitrogens with one attached hydrogen (secondary N) is 2. The van der Waals surface area contributed by atoms with Crippen LogP contribution in [0.2, 0.25) is 0 Å². The monoisotopic (exact) mass is 237 g/mol. The second-order valence-corrected chi connectivity index (χ2v) is 3.88. The first kappa shape index (κ1) is 13.9. The highest BCUT2D eigenvalue weighted by Gasteiger charge is 2.08. The van der Waals surface area contributed by atoms with Crippen LogP contribution in [0, 0.1) is 5.41 Å². The van der Waals surface area contributed by atoms with Crippen molar-refractivity contribution in [1.82, 2.24) is 5.32 Å². The minimum atomic E-state index is -4.67. The van der Waals surface area contributed by atoms with Gasteiger partial charge < -0.3 is 11.1 Å². The van der Waals surface area contributed by atoms with Gasteiger partial charge in [0.2, 0.25) is 0 Å². The molecule has 15 heavy (non-hydrogen) atoms. The first-order chi connectivity index (χ1) is 6.79. The predicted octanol–water partition coefficient (Wildman–Crippen LogP) is -0.0746. The molecule has 0 aromatic rings. The third-order valence-corrected chi connectivity index (χ3v) is 1.63. The summed E-state index contributed by atoms with van der Waals surface area (Å²) in [6.45, 7) is 0. The third kappa shape index (κ3) is 12.9. The van der Waals surface area contributed by atoms with Gasteiger partial charge >= 0.3 is 10.4 Å². The lowest BCUT2D eigenvalue weighted by molar-refractivity contribution is 0.381. The highest BCUT2D eigenvalue weighted by atomic mass is 32.3. The highest BCUT2D eigenvalue weighted by molar-refractivity contribution is 7.79. The molecule has 0 aromatic heterocycles. The lowest BCUT2D eigenvalue weighted by atomic mass is 10.0. The normalized spacial score (nSPS) is 20.0. The maximum atomic E-state index is 8.74. The fourth-order valence-corrected chi connectivity index (χ4v) is 1.14. The Morgan fingerprint density at radius 1 is 1.47 bits per heavy atom. The van der Waals surface area contributed by atoms with Crippen LogP contribution in [-0.2, 0) is 10.4 Å². The maximum Gasteiger partial charge on any atom is 0.394 e. The summed E-state index contributed by atoms with van der Waals surface area (Å²) in [4.78, 5) is 0. The molecular weight excluding hydrogens is 222 g/mol. The first-order valence-corrected chi connectivity index (χ1v) is 5.64. The largest absolute Gasteiger partial charge is 0.394 e. The van der Waals surface area contributed by atoms with Gasteiger partial charge in [0.05, 0.1) is 0 Å². The van der Waals surface area contributed by atoms with Gasteiger partial charge in [-0.25, -0.2) is 0 Å². The summed E-state index contributed by atoms with van der Waals surface area (Å²) < 4.78 is 31.6. The van der Waals surface area contributed by atoms with Crippen molar-refractivity contribution in [2.45, 2.75) is 25.3 Å². The molecule has 88 valence electrons. The number of rotatable bonds is 1. The Balaban J connectivity index is 0.000000336. The van der Waals surface area contributed by atoms with Crippen molar-refractivity contribution in [3.8, 4) is 0 Å². The average molecular weight is 237 g/mol. The van der Waals surface area contributed by atoms with Gasteiger partial charge in [0.1, 0.15) is 0 Å². The molecule has 1 unspecified atom stereocenters. The van der Waals surface area contributed by atoms with Crippen LogP contribution in [0.4, 0.5) is 0 Å². The van der Waals surface area contributed by atoms with Crippen molar-refractivity contribution < 1.29 is 17.5 Å². The van der Waals surface area contributed by atoms with E-state index in [2.05, 4.69) is 17.5 Å². The summed E-state index contributed by atoms with van der Waals surface area (Å²) in [6.07, 6.45) is 7.49. The molecule has 0 heterocycles. The lowest BCUT2D eigenvalue weighted by Gasteiger charge is -2.18. The molecular formula is C7H15N3O4S. The molecule has 1 aliphatic carbocycles. The van der Waals surface area contributed by atoms with Crippen molar-refractivity contribution in [1.29, 1.82) is 5.41 Å². The van der Waals surface area contributed by atoms with E-state index in [-0.39, 0.29) is 5.96 Å². The van der Waals surface area contributed by atoms with E-state index in [0.717, 1.165) is 19.3 Å². The van der Waals surface area contributed by atoms with Gasteiger partial charge in [-0.2, -0.15) is 8.42 Å². The lowest BCUT2D eigenvalue weighted by Crippen LogP contribution is -2.39. The Morgan fingerprint density at radius 2 is 2.00 bits per heavy atom. The molecule has 0 bridgehead atoms. The van der Waals surface area contributed by atoms with Gasteiger partial charge in [-0.3, -0.25) is 14.5 Å². The van der Waals surface area contributed by atoms with Crippen molar-refractivity contribution >= 4 is 16.4 Å². The molecule has 1 rings (SSSR count). The number of hydrogen-bond donors (Lipinski definition) is 5. The molecule has 8 heteroatoms. The summed E-state index contributed by atoms with van der Waals surface area (Å²) in [5.41, 5.74) is 5.17. The zero-order chi connectivity index (χ0) is 11.9. The molecule has 7 nitrogen and oxygen atoms in total. The number of hydrogen-bond acceptors (Lipinski definition) is 3. The molecule has 0 amide bonds. The SMILES string of the molecule is N=C(N)NC1CC=CCC1.O=S(=O)(O)O. The van der Waals surface area contributed by atoms with Gasteiger partial charge in [0.15, 0.2) is 5.96 Å². The molecule has 0 radical (unpaired) electrons. The summed E-state index contributed by atoms with van der Waals surface area (Å²) in [7, 11) is -4.67. The van der Waals surface area contributed by atoms with Crippen LogP contribution in [0.15, 0.2) is 12.2 Å². The second kappa shape index (κ2) is 6.38. The third-order valence-electron chi connectivity index (χ3n) is 1.63. The van der Waals surface area contributed by atoms with Crippen LogP contribution < -0.4 is 11.1 Å². The molecule has 1 aliphatic rings. The smallest absolute Gasteiger partial charge is 0.370 e. The summed E-state index contributed by atoms with van der Waals surface area (Å²) in [6, 6.07) is 0.391. The summed E-state index contributed by atoms with van der Waals surface area (Å²) in [5.74, 6) is 0.0836. The Kier molecular flexibility index (Phi) is 5.90. The van der Waals surface area contributed by atoms with Crippen molar-refractivity contribution in [3.63, 3.8) is 0 Å². The van der Waals surface area contributed by atoms with E-state index >= 15 is 0 Å². The highest BCUT2D eigenvalue weighted by Crippen LogP contribution is 2.09. The predicted molar refractivity (Wildman–Crippen MR) is 56.0 cm³/mol. The van der Waals surface area contributed by atoms with Crippen molar-refractivity contribution in [2.24, 2.45) is 5.73 Å². The topological polar surface area (TPSA) is 136 Å². The standard InChI is InChI=1S/C7H13N3.H2O4S/c8-7(9)10-6-4-2-1-3-5-6;1-5(2,3)4/h1-2,6H,3-5H2,(H4,8,9,10);(H2,1,2,3,4). The van der Waals surface area contributed by atoms with Gasteiger partial charge in [0.25, 0.3) is 0 Å². The van der Waals surface area contributed by atoms with E-state index in [9.17, 15) is 0 Å². The van der Waals surface area contributed by atoms with Gasteiger partial charge in [-0.15, -0.1) is 0 Å². The number of allylic oxidation sites excluding steroid dienone is 1. The molecule has 0 spiro atoms. The maximum absolute atomic E-state index is 8.74. The van der Waals surface area contributed by atoms with Crippen LogP contribution in [0.5, 0.6) is 0 Å². The molecule has 0 saturated carbocycles. The van der Waals surface area contributed by atoms with E-state index < -0.39 is 10.4 Å². The van der Waals surface area contributed by atoms with Crippen LogP contribution >= 0.6 is 0 Å². The van der Waals surface area contributed by atoms with Crippen molar-refractivity contribution in [2.75, 3.05) is 0 Å². The average Bonchev–Trinajstić information content (AvgIpc) is 2.01. The van der Waals surface area contributed by atoms with Crippen LogP contribution in [0.25, 0.3) is 0 Å². The van der Waals surface area contributed by atoms with E-state index in [0.29, 0.717) is 6.04 Å². The van der Waals surface area contributed by atoms with Crippen LogP contribution in [0.3, 0.4) is 0 Å². The van der Waals surface area contributed by atoms with E-state index in [1.165, 1.54) is 0 Å². The van der Waals surface area contributed by atoms with E-state index in [1.54, 1.807) is 0 Å². The zero-order valence-corrected chi connectivity index (χ0v) is 8.87. The summed E-state index contributed by atoms with van der Waals surface area (Å²) >= 11 is 0. The van der Waals surface area contributed by atoms with Crippen LogP contribution in [-0.4, -0.2) is 29.5 Å². The van der Waals surface area contributed by atoms with Crippen molar-refractivity contribution in [3.05, 3.63) is 12.2 Å². The van der Waals surface area contributed by atoms with Gasteiger partial charge in [-0.05, 0) is 19.3 Å². The van der Waals surface area contributed by atoms with E-state index in [4.69, 9.17) is 28.7 Å². The molecule has 1 atom stereocenters. The Morgan fingerprint density at radius 3 is 2.33 bits per heavy atom. The quantitative estimate of drug-likeness (QED) is 0.187. The first-order valence-electron chi connectivity index (χ1n) is 4.24. The summed E-state index contributed by atoms with van der Waals surface area (Å²) in [5, 5.41) is 9.86. The van der Waals surface area contributed by atoms with E-state index in [1.807, 2.05) is 0 Å². The number of nitrogens with two attached hydrogens (primary N) is 1. The fraction of sp³-hybridized carbons (Fsp3) is 0.571. The molecule has 0 fully saturated rings. The van der Waals surface area contributed by atoms with Crippen LogP contribution in [0.1, 0.15) is 19.3 Å². The minimum Gasteiger partial charge on any atom is -0.370 e. The Bertz CT molecular complexity index is 317. The minimum absolute atomic E-state index is 0.0836. The Labute approximate surface area is 88.4 Å². The zero-order valence-electron chi connectivity index (χ0n) is 8.05. The molecule has 6 N–H and O–H groups in total. The fourth-order valence-electron chi connectivity index (χ4n) is 1.14. The number of guanidine groups is 1. The van der Waals surface area contributed by atoms with Gasteiger partial charge in [-0.1, -0.05) is 12.2 Å². The van der Waals surface area contributed by atoms with Gasteiger partial charge in [0, 0.05) is 6.04 Å². The molecule has 0 saturated heterocycles. The second-order valence-electron chi connectivity index (χ2n) is 2.99. The molecule has 0 aliphatic heterocycles. The molecule has 0 aromatic carbocycles.